The van der Waals surface area contributed by atoms with Gasteiger partial charge in [0, 0.05) is 5.88 Å². The maximum Gasteiger partial charge on any atom is 0.573 e. The largest absolute Gasteiger partial charge is 0.573 e. The zero-order chi connectivity index (χ0) is 15.3. The van der Waals surface area contributed by atoms with Gasteiger partial charge in [-0.3, -0.25) is 0 Å². The van der Waals surface area contributed by atoms with Crippen molar-refractivity contribution in [2.75, 3.05) is 5.88 Å². The lowest BCUT2D eigenvalue weighted by Gasteiger charge is -2.15. The maximum atomic E-state index is 12.1. The molecule has 0 aliphatic rings. The average Bonchev–Trinajstić information content (AvgIpc) is 2.33. The van der Waals surface area contributed by atoms with Crippen LogP contribution in [0.25, 0.3) is 0 Å². The van der Waals surface area contributed by atoms with Gasteiger partial charge in [0.05, 0.1) is 0 Å². The highest BCUT2D eigenvalue weighted by atomic mass is 35.5. The summed E-state index contributed by atoms with van der Waals surface area (Å²) < 4.78 is 40.1. The molecule has 0 spiro atoms. The molecule has 20 heavy (non-hydrogen) atoms. The van der Waals surface area contributed by atoms with Gasteiger partial charge in [0.2, 0.25) is 0 Å². The maximum absolute atomic E-state index is 12.1. The molecule has 0 heterocycles. The van der Waals surface area contributed by atoms with Gasteiger partial charge in [-0.15, -0.1) is 24.8 Å². The molecule has 4 nitrogen and oxygen atoms in total. The summed E-state index contributed by atoms with van der Waals surface area (Å²) in [6, 6.07) is 3.12. The second-order valence-electron chi connectivity index (χ2n) is 3.94. The molecule has 1 aromatic carbocycles. The lowest BCUT2D eigenvalue weighted by molar-refractivity contribution is -0.274. The van der Waals surface area contributed by atoms with Crippen LogP contribution in [0.4, 0.5) is 13.2 Å². The number of hydrogen-bond acceptors (Lipinski definition) is 3. The number of aryl methyl sites for hydroxylation is 1. The first-order valence-electron chi connectivity index (χ1n) is 5.60. The molecule has 0 aromatic heterocycles. The Hall–Kier alpha value is -1.47. The third kappa shape index (κ3) is 4.90. The molecule has 0 saturated heterocycles. The van der Waals surface area contributed by atoms with E-state index in [9.17, 15) is 23.1 Å². The molecule has 0 amide bonds. The Morgan fingerprint density at radius 3 is 2.55 bits per heavy atom. The fraction of sp³-hybridized carbons (Fsp3) is 0.417. The van der Waals surface area contributed by atoms with Crippen molar-refractivity contribution in [2.45, 2.75) is 25.3 Å². The second-order valence-corrected chi connectivity index (χ2v) is 4.32. The van der Waals surface area contributed by atoms with E-state index in [2.05, 4.69) is 4.74 Å². The number of aliphatic hydroxyl groups is 1. The summed E-state index contributed by atoms with van der Waals surface area (Å²) in [4.78, 5) is 10.8. The molecule has 1 unspecified atom stereocenters. The van der Waals surface area contributed by atoms with Crippen molar-refractivity contribution in [1.82, 2.24) is 0 Å². The van der Waals surface area contributed by atoms with E-state index < -0.39 is 24.2 Å². The fourth-order valence-corrected chi connectivity index (χ4v) is 1.79. The smallest absolute Gasteiger partial charge is 0.479 e. The van der Waals surface area contributed by atoms with E-state index in [1.807, 2.05) is 0 Å². The highest BCUT2D eigenvalue weighted by Gasteiger charge is 2.31. The summed E-state index contributed by atoms with van der Waals surface area (Å²) in [6.45, 7) is 0. The highest BCUT2D eigenvalue weighted by molar-refractivity contribution is 6.17. The highest BCUT2D eigenvalue weighted by Crippen LogP contribution is 2.28. The predicted molar refractivity (Wildman–Crippen MR) is 64.8 cm³/mol. The molecule has 0 fully saturated rings. The number of benzene rings is 1. The van der Waals surface area contributed by atoms with Gasteiger partial charge in [0.1, 0.15) is 5.75 Å². The van der Waals surface area contributed by atoms with Gasteiger partial charge < -0.3 is 14.9 Å². The Morgan fingerprint density at radius 2 is 2.05 bits per heavy atom. The summed E-state index contributed by atoms with van der Waals surface area (Å²) in [7, 11) is 0. The van der Waals surface area contributed by atoms with Crippen molar-refractivity contribution in [3.05, 3.63) is 29.3 Å². The van der Waals surface area contributed by atoms with Gasteiger partial charge >= 0.3 is 12.3 Å². The molecule has 1 atom stereocenters. The SMILES string of the molecule is O=C(O)C(O)c1ccc(OC(F)(F)F)cc1CCCCl. The Balaban J connectivity index is 3.09. The lowest BCUT2D eigenvalue weighted by Crippen LogP contribution is -2.18. The first-order valence-corrected chi connectivity index (χ1v) is 6.13. The predicted octanol–water partition coefficient (Wildman–Crippen LogP) is 2.87. The van der Waals surface area contributed by atoms with Gasteiger partial charge in [-0.1, -0.05) is 6.07 Å². The van der Waals surface area contributed by atoms with Crippen LogP contribution in [0.5, 0.6) is 5.75 Å². The van der Waals surface area contributed by atoms with E-state index in [4.69, 9.17) is 16.7 Å². The van der Waals surface area contributed by atoms with E-state index in [0.29, 0.717) is 6.42 Å². The number of carbonyl (C=O) groups is 1. The molecule has 0 aliphatic heterocycles. The Bertz CT molecular complexity index is 476. The number of halogens is 4. The van der Waals surface area contributed by atoms with Crippen LogP contribution in [0.1, 0.15) is 23.7 Å². The summed E-state index contributed by atoms with van der Waals surface area (Å²) in [6.07, 6.45) is -5.98. The quantitative estimate of drug-likeness (QED) is 0.793. The number of hydrogen-bond donors (Lipinski definition) is 2. The van der Waals surface area contributed by atoms with Crippen molar-refractivity contribution < 1.29 is 32.9 Å². The first-order chi connectivity index (χ1) is 9.24. The zero-order valence-corrected chi connectivity index (χ0v) is 10.9. The van der Waals surface area contributed by atoms with Crippen molar-refractivity contribution in [3.63, 3.8) is 0 Å². The molecule has 112 valence electrons. The second kappa shape index (κ2) is 6.81. The molecule has 0 saturated carbocycles. The van der Waals surface area contributed by atoms with Crippen LogP contribution >= 0.6 is 11.6 Å². The fourth-order valence-electron chi connectivity index (χ4n) is 1.65. The van der Waals surface area contributed by atoms with Crippen LogP contribution in [0.3, 0.4) is 0 Å². The van der Waals surface area contributed by atoms with Crippen molar-refractivity contribution in [2.24, 2.45) is 0 Å². The van der Waals surface area contributed by atoms with Crippen LogP contribution in [-0.2, 0) is 11.2 Å². The van der Waals surface area contributed by atoms with Gasteiger partial charge in [-0.05, 0) is 36.1 Å². The minimum absolute atomic E-state index is 0.0251. The number of aliphatic carboxylic acids is 1. The Kier molecular flexibility index (Phi) is 5.64. The van der Waals surface area contributed by atoms with E-state index in [1.165, 1.54) is 0 Å². The lowest BCUT2D eigenvalue weighted by atomic mass is 9.98. The number of alkyl halides is 4. The minimum atomic E-state index is -4.84. The van der Waals surface area contributed by atoms with Crippen molar-refractivity contribution >= 4 is 17.6 Å². The average molecular weight is 313 g/mol. The van der Waals surface area contributed by atoms with Crippen molar-refractivity contribution in [1.29, 1.82) is 0 Å². The Labute approximate surface area is 117 Å². The van der Waals surface area contributed by atoms with Crippen molar-refractivity contribution in [3.8, 4) is 5.75 Å². The monoisotopic (exact) mass is 312 g/mol. The van der Waals surface area contributed by atoms with Gasteiger partial charge in [0.15, 0.2) is 6.10 Å². The third-order valence-electron chi connectivity index (χ3n) is 2.46. The number of rotatable bonds is 6. The van der Waals surface area contributed by atoms with Crippen LogP contribution in [0.15, 0.2) is 18.2 Å². The molecular formula is C12H12ClF3O4. The summed E-state index contributed by atoms with van der Waals surface area (Å²) in [5.41, 5.74) is 0.277. The normalized spacial score (nSPS) is 13.1. The molecule has 1 aromatic rings. The van der Waals surface area contributed by atoms with Gasteiger partial charge in [0.25, 0.3) is 0 Å². The van der Waals surface area contributed by atoms with E-state index >= 15 is 0 Å². The first kappa shape index (κ1) is 16.6. The number of carboxylic acid groups (broad SMARTS) is 1. The van der Waals surface area contributed by atoms with Crippen LogP contribution in [0.2, 0.25) is 0 Å². The van der Waals surface area contributed by atoms with Gasteiger partial charge in [-0.25, -0.2) is 4.79 Å². The molecule has 8 heteroatoms. The molecule has 0 bridgehead atoms. The summed E-state index contributed by atoms with van der Waals surface area (Å²) in [5.74, 6) is -1.70. The Morgan fingerprint density at radius 1 is 1.40 bits per heavy atom. The minimum Gasteiger partial charge on any atom is -0.479 e. The van der Waals surface area contributed by atoms with Crippen LogP contribution in [-0.4, -0.2) is 28.4 Å². The molecule has 1 rings (SSSR count). The molecule has 0 aliphatic carbocycles. The van der Waals surface area contributed by atoms with E-state index in [0.717, 1.165) is 18.2 Å². The summed E-state index contributed by atoms with van der Waals surface area (Å²) in [5, 5.41) is 18.3. The van der Waals surface area contributed by atoms with Gasteiger partial charge in [-0.2, -0.15) is 0 Å². The number of aliphatic hydroxyl groups excluding tert-OH is 1. The number of ether oxygens (including phenoxy) is 1. The number of carboxylic acids is 1. The molecule has 2 N–H and O–H groups in total. The standard InChI is InChI=1S/C12H12ClF3O4/c13-5-1-2-7-6-8(20-12(14,15)16)3-4-9(7)10(17)11(18)19/h3-4,6,10,17H,1-2,5H2,(H,18,19). The third-order valence-corrected chi connectivity index (χ3v) is 2.72. The summed E-state index contributed by atoms with van der Waals surface area (Å²) >= 11 is 5.50. The molecular weight excluding hydrogens is 301 g/mol. The topological polar surface area (TPSA) is 66.8 Å². The zero-order valence-electron chi connectivity index (χ0n) is 10.2. The van der Waals surface area contributed by atoms with E-state index in [1.54, 1.807) is 0 Å². The van der Waals surface area contributed by atoms with Crippen LogP contribution in [0, 0.1) is 0 Å². The van der Waals surface area contributed by atoms with Crippen LogP contribution < -0.4 is 4.74 Å². The molecule has 0 radical (unpaired) electrons. The van der Waals surface area contributed by atoms with E-state index in [-0.39, 0.29) is 23.4 Å².